The first-order chi connectivity index (χ1) is 14.2. The molecule has 0 saturated carbocycles. The first-order valence-electron chi connectivity index (χ1n) is 9.19. The van der Waals surface area contributed by atoms with Gasteiger partial charge >= 0.3 is 0 Å². The summed E-state index contributed by atoms with van der Waals surface area (Å²) in [5.74, 6) is 1.50. The average molecular weight is 491 g/mol. The van der Waals surface area contributed by atoms with E-state index in [-0.39, 0.29) is 12.5 Å². The number of hydrogen-bond acceptors (Lipinski definition) is 5. The molecule has 1 N–H and O–H groups in total. The Labute approximate surface area is 191 Å². The van der Waals surface area contributed by atoms with Crippen molar-refractivity contribution in [3.05, 3.63) is 58.1 Å². The summed E-state index contributed by atoms with van der Waals surface area (Å²) in [6.45, 7) is 2.41. The monoisotopic (exact) mass is 490 g/mol. The molecular weight excluding hydrogens is 467 g/mol. The second-order valence-electron chi connectivity index (χ2n) is 6.34. The molecule has 2 aromatic carbocycles. The van der Waals surface area contributed by atoms with Crippen molar-refractivity contribution in [1.82, 2.24) is 5.32 Å². The summed E-state index contributed by atoms with van der Waals surface area (Å²) in [6, 6.07) is 12.0. The summed E-state index contributed by atoms with van der Waals surface area (Å²) in [7, 11) is -3.64. The number of carbonyl (C=O) groups is 1. The predicted octanol–water partition coefficient (Wildman–Crippen LogP) is 4.21. The van der Waals surface area contributed by atoms with Gasteiger partial charge in [-0.25, -0.2) is 8.42 Å². The zero-order chi connectivity index (χ0) is 22.1. The van der Waals surface area contributed by atoms with E-state index in [2.05, 4.69) is 5.32 Å². The molecule has 6 nitrogen and oxygen atoms in total. The molecule has 0 aliphatic heterocycles. The second kappa shape index (κ2) is 11.7. The van der Waals surface area contributed by atoms with Crippen molar-refractivity contribution in [2.45, 2.75) is 12.7 Å². The highest BCUT2D eigenvalue weighted by Crippen LogP contribution is 2.25. The van der Waals surface area contributed by atoms with Gasteiger partial charge in [0, 0.05) is 34.2 Å². The van der Waals surface area contributed by atoms with Crippen LogP contribution in [0.25, 0.3) is 0 Å². The number of halogens is 2. The molecule has 0 aliphatic carbocycles. The number of hydrogen-bond donors (Lipinski definition) is 1. The van der Waals surface area contributed by atoms with Crippen molar-refractivity contribution in [3.63, 3.8) is 0 Å². The van der Waals surface area contributed by atoms with E-state index < -0.39 is 10.0 Å². The molecule has 0 unspecified atom stereocenters. The molecule has 2 aromatic rings. The first kappa shape index (κ1) is 24.7. The van der Waals surface area contributed by atoms with Gasteiger partial charge in [-0.3, -0.25) is 9.10 Å². The molecular formula is C20H24Cl2N2O4S2. The predicted molar refractivity (Wildman–Crippen MR) is 125 cm³/mol. The molecule has 0 saturated heterocycles. The summed E-state index contributed by atoms with van der Waals surface area (Å²) < 4.78 is 30.9. The van der Waals surface area contributed by atoms with Crippen molar-refractivity contribution in [2.75, 3.05) is 36.0 Å². The molecule has 0 aromatic heterocycles. The van der Waals surface area contributed by atoms with E-state index in [4.69, 9.17) is 27.9 Å². The Morgan fingerprint density at radius 1 is 1.20 bits per heavy atom. The molecule has 0 fully saturated rings. The van der Waals surface area contributed by atoms with Gasteiger partial charge in [0.05, 0.1) is 18.6 Å². The van der Waals surface area contributed by atoms with Gasteiger partial charge in [-0.05, 0) is 36.8 Å². The summed E-state index contributed by atoms with van der Waals surface area (Å²) in [5, 5.41) is 3.95. The Morgan fingerprint density at radius 3 is 2.63 bits per heavy atom. The standard InChI is InChI=1S/C20H24Cl2N2O4S2/c1-3-28-18-6-4-5-17(12-18)24(30(2,26)27)13-20(25)23-9-10-29-14-15-7-8-16(21)11-19(15)22/h4-8,11-12H,3,9-10,13-14H2,1-2H3,(H,23,25). The fraction of sp³-hybridized carbons (Fsp3) is 0.350. The minimum Gasteiger partial charge on any atom is -0.494 e. The van der Waals surface area contributed by atoms with Crippen LogP contribution in [0, 0.1) is 0 Å². The Bertz CT molecular complexity index is 971. The van der Waals surface area contributed by atoms with E-state index in [9.17, 15) is 13.2 Å². The van der Waals surface area contributed by atoms with E-state index in [1.54, 1.807) is 48.2 Å². The van der Waals surface area contributed by atoms with Gasteiger partial charge in [0.15, 0.2) is 0 Å². The Kier molecular flexibility index (Phi) is 9.61. The number of anilines is 1. The highest BCUT2D eigenvalue weighted by Gasteiger charge is 2.21. The van der Waals surface area contributed by atoms with E-state index >= 15 is 0 Å². The third kappa shape index (κ3) is 7.91. The molecule has 0 spiro atoms. The number of nitrogens with zero attached hydrogens (tertiary/aromatic N) is 1. The van der Waals surface area contributed by atoms with Crippen molar-refractivity contribution >= 4 is 56.6 Å². The number of amides is 1. The maximum Gasteiger partial charge on any atom is 0.240 e. The minimum atomic E-state index is -3.64. The molecule has 1 amide bonds. The third-order valence-corrected chi connectivity index (χ3v) is 6.68. The molecule has 10 heteroatoms. The lowest BCUT2D eigenvalue weighted by Crippen LogP contribution is -2.41. The molecule has 0 bridgehead atoms. The topological polar surface area (TPSA) is 75.7 Å². The van der Waals surface area contributed by atoms with Crippen molar-refractivity contribution in [1.29, 1.82) is 0 Å². The summed E-state index contributed by atoms with van der Waals surface area (Å²) in [4.78, 5) is 12.3. The smallest absolute Gasteiger partial charge is 0.240 e. The molecule has 164 valence electrons. The van der Waals surface area contributed by atoms with Crippen molar-refractivity contribution in [2.24, 2.45) is 0 Å². The number of ether oxygens (including phenoxy) is 1. The van der Waals surface area contributed by atoms with Gasteiger partial charge in [0.25, 0.3) is 0 Å². The lowest BCUT2D eigenvalue weighted by Gasteiger charge is -2.22. The van der Waals surface area contributed by atoms with Crippen LogP contribution in [-0.2, 0) is 20.6 Å². The SMILES string of the molecule is CCOc1cccc(N(CC(=O)NCCSCc2ccc(Cl)cc2Cl)S(C)(=O)=O)c1. The number of nitrogens with one attached hydrogen (secondary N) is 1. The molecule has 0 heterocycles. The van der Waals surface area contributed by atoms with Crippen LogP contribution in [0.3, 0.4) is 0 Å². The van der Waals surface area contributed by atoms with Crippen LogP contribution in [-0.4, -0.2) is 46.0 Å². The highest BCUT2D eigenvalue weighted by atomic mass is 35.5. The first-order valence-corrected chi connectivity index (χ1v) is 13.0. The zero-order valence-electron chi connectivity index (χ0n) is 16.7. The van der Waals surface area contributed by atoms with E-state index in [1.165, 1.54) is 0 Å². The van der Waals surface area contributed by atoms with Gasteiger partial charge in [-0.1, -0.05) is 35.3 Å². The Morgan fingerprint density at radius 2 is 1.97 bits per heavy atom. The van der Waals surface area contributed by atoms with E-state index in [0.717, 1.165) is 16.1 Å². The van der Waals surface area contributed by atoms with Crippen molar-refractivity contribution in [3.8, 4) is 5.75 Å². The quantitative estimate of drug-likeness (QED) is 0.477. The van der Waals surface area contributed by atoms with Gasteiger partial charge in [0.1, 0.15) is 12.3 Å². The Hall–Kier alpha value is -1.61. The third-order valence-electron chi connectivity index (χ3n) is 3.95. The zero-order valence-corrected chi connectivity index (χ0v) is 19.9. The van der Waals surface area contributed by atoms with Gasteiger partial charge < -0.3 is 10.1 Å². The normalized spacial score (nSPS) is 11.2. The van der Waals surface area contributed by atoms with Crippen LogP contribution in [0.1, 0.15) is 12.5 Å². The number of thioether (sulfide) groups is 1. The average Bonchev–Trinajstić information content (AvgIpc) is 2.67. The molecule has 30 heavy (non-hydrogen) atoms. The second-order valence-corrected chi connectivity index (χ2v) is 10.2. The lowest BCUT2D eigenvalue weighted by atomic mass is 10.2. The van der Waals surface area contributed by atoms with E-state index in [1.807, 2.05) is 13.0 Å². The highest BCUT2D eigenvalue weighted by molar-refractivity contribution is 7.98. The van der Waals surface area contributed by atoms with Crippen molar-refractivity contribution < 1.29 is 17.9 Å². The molecule has 0 aliphatic rings. The number of carbonyl (C=O) groups excluding carboxylic acids is 1. The van der Waals surface area contributed by atoms with Gasteiger partial charge in [0.2, 0.25) is 15.9 Å². The number of rotatable bonds is 11. The van der Waals surface area contributed by atoms with Gasteiger partial charge in [-0.15, -0.1) is 0 Å². The van der Waals surface area contributed by atoms with Gasteiger partial charge in [-0.2, -0.15) is 11.8 Å². The van der Waals surface area contributed by atoms with Crippen LogP contribution in [0.2, 0.25) is 10.0 Å². The molecule has 0 radical (unpaired) electrons. The van der Waals surface area contributed by atoms with Crippen LogP contribution in [0.15, 0.2) is 42.5 Å². The Balaban J connectivity index is 1.87. The number of benzene rings is 2. The summed E-state index contributed by atoms with van der Waals surface area (Å²) in [5.41, 5.74) is 1.35. The molecule has 0 atom stereocenters. The fourth-order valence-corrected chi connectivity index (χ4v) is 4.83. The van der Waals surface area contributed by atoms with E-state index in [0.29, 0.717) is 46.1 Å². The van der Waals surface area contributed by atoms with Crippen LogP contribution < -0.4 is 14.4 Å². The van der Waals surface area contributed by atoms with Crippen LogP contribution in [0.5, 0.6) is 5.75 Å². The maximum absolute atomic E-state index is 12.3. The molecule has 2 rings (SSSR count). The lowest BCUT2D eigenvalue weighted by molar-refractivity contribution is -0.119. The fourth-order valence-electron chi connectivity index (χ4n) is 2.56. The van der Waals surface area contributed by atoms with Crippen LogP contribution >= 0.6 is 35.0 Å². The summed E-state index contributed by atoms with van der Waals surface area (Å²) >= 11 is 13.6. The number of sulfonamides is 1. The maximum atomic E-state index is 12.3. The minimum absolute atomic E-state index is 0.303. The summed E-state index contributed by atoms with van der Waals surface area (Å²) in [6.07, 6.45) is 1.07. The van der Waals surface area contributed by atoms with Crippen LogP contribution in [0.4, 0.5) is 5.69 Å². The largest absolute Gasteiger partial charge is 0.494 e.